The molecule has 1 aromatic carbocycles. The van der Waals surface area contributed by atoms with Gasteiger partial charge in [-0.2, -0.15) is 0 Å². The van der Waals surface area contributed by atoms with Crippen LogP contribution in [0.1, 0.15) is 30.0 Å². The molecule has 2 N–H and O–H groups in total. The van der Waals surface area contributed by atoms with Crippen LogP contribution in [-0.2, 0) is 6.54 Å². The first-order chi connectivity index (χ1) is 7.11. The quantitative estimate of drug-likeness (QED) is 0.725. The highest BCUT2D eigenvalue weighted by atomic mass is 16.3. The molecule has 1 atom stereocenters. The van der Waals surface area contributed by atoms with Crippen molar-refractivity contribution in [1.29, 1.82) is 0 Å². The highest BCUT2D eigenvalue weighted by Crippen LogP contribution is 2.12. The minimum atomic E-state index is -0.212. The van der Waals surface area contributed by atoms with Crippen LogP contribution in [0.2, 0.25) is 0 Å². The zero-order valence-corrected chi connectivity index (χ0v) is 9.88. The number of aliphatic hydroxyl groups is 1. The normalized spacial score (nSPS) is 12.8. The average Bonchev–Trinajstić information content (AvgIpc) is 2.18. The SMILES string of the molecule is Cc1cccc(CNCC[C@H](C)O)c1C. The number of rotatable bonds is 5. The zero-order chi connectivity index (χ0) is 11.3. The van der Waals surface area contributed by atoms with Crippen LogP contribution in [0.25, 0.3) is 0 Å². The number of hydrogen-bond acceptors (Lipinski definition) is 2. The maximum atomic E-state index is 9.11. The molecule has 15 heavy (non-hydrogen) atoms. The molecule has 0 fully saturated rings. The van der Waals surface area contributed by atoms with Crippen molar-refractivity contribution < 1.29 is 5.11 Å². The van der Waals surface area contributed by atoms with Gasteiger partial charge >= 0.3 is 0 Å². The van der Waals surface area contributed by atoms with E-state index < -0.39 is 0 Å². The number of aryl methyl sites for hydroxylation is 1. The fourth-order valence-electron chi connectivity index (χ4n) is 1.54. The fraction of sp³-hybridized carbons (Fsp3) is 0.538. The minimum Gasteiger partial charge on any atom is -0.393 e. The molecule has 1 aromatic rings. The Morgan fingerprint density at radius 2 is 2.07 bits per heavy atom. The Kier molecular flexibility index (Phi) is 4.79. The molecule has 0 unspecified atom stereocenters. The summed E-state index contributed by atoms with van der Waals surface area (Å²) < 4.78 is 0. The van der Waals surface area contributed by atoms with Gasteiger partial charge in [0.25, 0.3) is 0 Å². The first-order valence-corrected chi connectivity index (χ1v) is 5.55. The van der Waals surface area contributed by atoms with E-state index in [-0.39, 0.29) is 6.10 Å². The second-order valence-electron chi connectivity index (χ2n) is 4.17. The lowest BCUT2D eigenvalue weighted by atomic mass is 10.0. The van der Waals surface area contributed by atoms with Crippen molar-refractivity contribution in [3.05, 3.63) is 34.9 Å². The van der Waals surface area contributed by atoms with Crippen LogP contribution in [0.5, 0.6) is 0 Å². The van der Waals surface area contributed by atoms with Gasteiger partial charge in [-0.15, -0.1) is 0 Å². The van der Waals surface area contributed by atoms with Gasteiger partial charge in [0.15, 0.2) is 0 Å². The van der Waals surface area contributed by atoms with Crippen LogP contribution in [0.4, 0.5) is 0 Å². The van der Waals surface area contributed by atoms with Crippen LogP contribution >= 0.6 is 0 Å². The summed E-state index contributed by atoms with van der Waals surface area (Å²) in [5.41, 5.74) is 4.05. The van der Waals surface area contributed by atoms with E-state index in [0.717, 1.165) is 19.5 Å². The third-order valence-corrected chi connectivity index (χ3v) is 2.77. The summed E-state index contributed by atoms with van der Waals surface area (Å²) in [7, 11) is 0. The van der Waals surface area contributed by atoms with Gasteiger partial charge < -0.3 is 10.4 Å². The van der Waals surface area contributed by atoms with Gasteiger partial charge in [0.1, 0.15) is 0 Å². The monoisotopic (exact) mass is 207 g/mol. The smallest absolute Gasteiger partial charge is 0.0524 e. The van der Waals surface area contributed by atoms with Crippen molar-refractivity contribution in [2.75, 3.05) is 6.54 Å². The van der Waals surface area contributed by atoms with E-state index in [9.17, 15) is 0 Å². The van der Waals surface area contributed by atoms with E-state index in [2.05, 4.69) is 37.4 Å². The molecule has 2 heteroatoms. The van der Waals surface area contributed by atoms with E-state index in [1.54, 1.807) is 0 Å². The van der Waals surface area contributed by atoms with E-state index in [0.29, 0.717) is 0 Å². The molecule has 0 bridgehead atoms. The van der Waals surface area contributed by atoms with Crippen LogP contribution in [0, 0.1) is 13.8 Å². The van der Waals surface area contributed by atoms with Crippen LogP contribution in [0.15, 0.2) is 18.2 Å². The van der Waals surface area contributed by atoms with Crippen LogP contribution in [0.3, 0.4) is 0 Å². The lowest BCUT2D eigenvalue weighted by molar-refractivity contribution is 0.183. The predicted molar refractivity (Wildman–Crippen MR) is 63.9 cm³/mol. The number of hydrogen-bond donors (Lipinski definition) is 2. The van der Waals surface area contributed by atoms with Crippen molar-refractivity contribution >= 4 is 0 Å². The zero-order valence-electron chi connectivity index (χ0n) is 9.88. The van der Waals surface area contributed by atoms with Gasteiger partial charge in [0, 0.05) is 6.54 Å². The summed E-state index contributed by atoms with van der Waals surface area (Å²) >= 11 is 0. The van der Waals surface area contributed by atoms with Gasteiger partial charge in [0.2, 0.25) is 0 Å². The molecule has 2 nitrogen and oxygen atoms in total. The first-order valence-electron chi connectivity index (χ1n) is 5.55. The van der Waals surface area contributed by atoms with Crippen LogP contribution < -0.4 is 5.32 Å². The molecule has 1 rings (SSSR count). The first kappa shape index (κ1) is 12.2. The summed E-state index contributed by atoms with van der Waals surface area (Å²) in [5, 5.41) is 12.4. The summed E-state index contributed by atoms with van der Waals surface area (Å²) in [4.78, 5) is 0. The molecular weight excluding hydrogens is 186 g/mol. The second-order valence-corrected chi connectivity index (χ2v) is 4.17. The minimum absolute atomic E-state index is 0.212. The predicted octanol–water partition coefficient (Wildman–Crippen LogP) is 2.16. The Balaban J connectivity index is 2.41. The average molecular weight is 207 g/mol. The van der Waals surface area contributed by atoms with Gasteiger partial charge in [-0.05, 0) is 50.4 Å². The van der Waals surface area contributed by atoms with E-state index in [1.807, 2.05) is 6.92 Å². The Labute approximate surface area is 92.3 Å². The van der Waals surface area contributed by atoms with Crippen molar-refractivity contribution in [2.45, 2.75) is 39.8 Å². The number of aliphatic hydroxyl groups excluding tert-OH is 1. The maximum absolute atomic E-state index is 9.11. The molecule has 0 aliphatic carbocycles. The highest BCUT2D eigenvalue weighted by molar-refractivity contribution is 5.32. The van der Waals surface area contributed by atoms with Crippen molar-refractivity contribution in [3.63, 3.8) is 0 Å². The second kappa shape index (κ2) is 5.89. The van der Waals surface area contributed by atoms with E-state index in [4.69, 9.17) is 5.11 Å². The molecule has 0 amide bonds. The molecule has 84 valence electrons. The lowest BCUT2D eigenvalue weighted by Gasteiger charge is -2.10. The molecule has 0 aromatic heterocycles. The Morgan fingerprint density at radius 1 is 1.33 bits per heavy atom. The molecular formula is C13H21NO. The third-order valence-electron chi connectivity index (χ3n) is 2.77. The molecule has 0 aliphatic heterocycles. The molecule has 0 aliphatic rings. The number of benzene rings is 1. The lowest BCUT2D eigenvalue weighted by Crippen LogP contribution is -2.19. The Hall–Kier alpha value is -0.860. The molecule has 0 radical (unpaired) electrons. The van der Waals surface area contributed by atoms with Crippen molar-refractivity contribution in [1.82, 2.24) is 5.32 Å². The van der Waals surface area contributed by atoms with Gasteiger partial charge in [-0.25, -0.2) is 0 Å². The molecule has 0 saturated carbocycles. The Morgan fingerprint density at radius 3 is 2.73 bits per heavy atom. The van der Waals surface area contributed by atoms with Gasteiger partial charge in [-0.1, -0.05) is 18.2 Å². The largest absolute Gasteiger partial charge is 0.393 e. The summed E-state index contributed by atoms with van der Waals surface area (Å²) in [6.07, 6.45) is 0.598. The highest BCUT2D eigenvalue weighted by Gasteiger charge is 2.00. The van der Waals surface area contributed by atoms with E-state index >= 15 is 0 Å². The van der Waals surface area contributed by atoms with E-state index in [1.165, 1.54) is 16.7 Å². The van der Waals surface area contributed by atoms with Gasteiger partial charge in [-0.3, -0.25) is 0 Å². The van der Waals surface area contributed by atoms with Crippen molar-refractivity contribution in [3.8, 4) is 0 Å². The summed E-state index contributed by atoms with van der Waals surface area (Å²) in [6.45, 7) is 7.86. The molecule has 0 spiro atoms. The molecule has 0 heterocycles. The van der Waals surface area contributed by atoms with Crippen LogP contribution in [-0.4, -0.2) is 17.8 Å². The number of nitrogens with one attached hydrogen (secondary N) is 1. The maximum Gasteiger partial charge on any atom is 0.0524 e. The fourth-order valence-corrected chi connectivity index (χ4v) is 1.54. The molecule has 0 saturated heterocycles. The Bertz CT molecular complexity index is 307. The topological polar surface area (TPSA) is 32.3 Å². The summed E-state index contributed by atoms with van der Waals surface area (Å²) in [5.74, 6) is 0. The third kappa shape index (κ3) is 4.02. The standard InChI is InChI=1S/C13H21NO/c1-10-5-4-6-13(12(10)3)9-14-8-7-11(2)15/h4-6,11,14-15H,7-9H2,1-3H3/t11-/m0/s1. The summed E-state index contributed by atoms with van der Waals surface area (Å²) in [6, 6.07) is 6.38. The van der Waals surface area contributed by atoms with Gasteiger partial charge in [0.05, 0.1) is 6.10 Å². The van der Waals surface area contributed by atoms with Crippen molar-refractivity contribution in [2.24, 2.45) is 0 Å².